The van der Waals surface area contributed by atoms with Crippen LogP contribution in [0.15, 0.2) is 0 Å². The lowest BCUT2D eigenvalue weighted by Crippen LogP contribution is -2.32. The van der Waals surface area contributed by atoms with Crippen LogP contribution in [0.4, 0.5) is 0 Å². The maximum absolute atomic E-state index is 9.10. The van der Waals surface area contributed by atoms with Gasteiger partial charge in [-0.1, -0.05) is 12.8 Å². The molecule has 1 saturated heterocycles. The molecule has 1 fully saturated rings. The Kier molecular flexibility index (Phi) is 6.15. The average molecular weight is 201 g/mol. The van der Waals surface area contributed by atoms with E-state index >= 15 is 0 Å². The molecule has 0 amide bonds. The zero-order chi connectivity index (χ0) is 10.2. The molecule has 14 heavy (non-hydrogen) atoms. The Morgan fingerprint density at radius 1 is 1.07 bits per heavy atom. The fraction of sp³-hybridized carbons (Fsp3) is 1.00. The van der Waals surface area contributed by atoms with E-state index in [-0.39, 0.29) is 0 Å². The van der Waals surface area contributed by atoms with Gasteiger partial charge >= 0.3 is 0 Å². The number of hydrogen-bond donors (Lipinski definition) is 2. The van der Waals surface area contributed by atoms with Crippen LogP contribution in [-0.4, -0.2) is 47.5 Å². The molecule has 2 N–H and O–H groups in total. The van der Waals surface area contributed by atoms with E-state index in [2.05, 4.69) is 4.90 Å². The van der Waals surface area contributed by atoms with Gasteiger partial charge in [0.1, 0.15) is 0 Å². The van der Waals surface area contributed by atoms with Gasteiger partial charge in [-0.3, -0.25) is 4.90 Å². The summed E-state index contributed by atoms with van der Waals surface area (Å²) in [7, 11) is 0. The van der Waals surface area contributed by atoms with Crippen molar-refractivity contribution in [3.05, 3.63) is 0 Å². The molecule has 1 aliphatic heterocycles. The van der Waals surface area contributed by atoms with E-state index < -0.39 is 0 Å². The van der Waals surface area contributed by atoms with E-state index in [1.165, 1.54) is 19.3 Å². The summed E-state index contributed by atoms with van der Waals surface area (Å²) in [5.74, 6) is 0. The van der Waals surface area contributed by atoms with E-state index in [4.69, 9.17) is 10.2 Å². The first-order valence-corrected chi connectivity index (χ1v) is 5.84. The third-order valence-electron chi connectivity index (χ3n) is 3.06. The lowest BCUT2D eigenvalue weighted by Gasteiger charge is -2.22. The van der Waals surface area contributed by atoms with E-state index in [9.17, 15) is 0 Å². The highest BCUT2D eigenvalue weighted by atomic mass is 16.3. The first kappa shape index (κ1) is 12.0. The van der Waals surface area contributed by atoms with Crippen LogP contribution >= 0.6 is 0 Å². The molecule has 3 nitrogen and oxygen atoms in total. The van der Waals surface area contributed by atoms with Gasteiger partial charge in [0.05, 0.1) is 6.61 Å². The van der Waals surface area contributed by atoms with Gasteiger partial charge in [-0.25, -0.2) is 0 Å². The van der Waals surface area contributed by atoms with E-state index in [0.29, 0.717) is 19.3 Å². The first-order chi connectivity index (χ1) is 6.88. The van der Waals surface area contributed by atoms with Gasteiger partial charge in [0.15, 0.2) is 0 Å². The largest absolute Gasteiger partial charge is 0.396 e. The van der Waals surface area contributed by atoms with Gasteiger partial charge in [0, 0.05) is 12.6 Å². The lowest BCUT2D eigenvalue weighted by atomic mass is 10.2. The highest BCUT2D eigenvalue weighted by Gasteiger charge is 2.22. The fourth-order valence-corrected chi connectivity index (χ4v) is 2.18. The van der Waals surface area contributed by atoms with Crippen molar-refractivity contribution >= 4 is 0 Å². The highest BCUT2D eigenvalue weighted by molar-refractivity contribution is 4.77. The molecule has 0 aromatic heterocycles. The number of unbranched alkanes of at least 4 members (excludes halogenated alkanes) is 3. The summed E-state index contributed by atoms with van der Waals surface area (Å²) in [5.41, 5.74) is 0. The Hall–Kier alpha value is -0.120. The van der Waals surface area contributed by atoms with E-state index in [1.54, 1.807) is 0 Å². The highest BCUT2D eigenvalue weighted by Crippen LogP contribution is 2.17. The summed E-state index contributed by atoms with van der Waals surface area (Å²) in [5, 5.41) is 17.7. The smallest absolute Gasteiger partial charge is 0.0586 e. The van der Waals surface area contributed by atoms with Gasteiger partial charge in [-0.05, 0) is 38.8 Å². The molecule has 1 aliphatic rings. The predicted octanol–water partition coefficient (Wildman–Crippen LogP) is 0.996. The number of hydrogen-bond acceptors (Lipinski definition) is 3. The number of rotatable bonds is 7. The number of nitrogens with zero attached hydrogens (tertiary/aromatic N) is 1. The maximum Gasteiger partial charge on any atom is 0.0586 e. The average Bonchev–Trinajstić information content (AvgIpc) is 2.65. The van der Waals surface area contributed by atoms with Crippen molar-refractivity contribution < 1.29 is 10.2 Å². The van der Waals surface area contributed by atoms with Crippen LogP contribution in [0.1, 0.15) is 38.5 Å². The third kappa shape index (κ3) is 3.95. The Bertz CT molecular complexity index is 141. The van der Waals surface area contributed by atoms with Crippen LogP contribution in [-0.2, 0) is 0 Å². The molecule has 0 aromatic carbocycles. The van der Waals surface area contributed by atoms with E-state index in [0.717, 1.165) is 32.4 Å². The van der Waals surface area contributed by atoms with Crippen LogP contribution in [0.5, 0.6) is 0 Å². The molecule has 0 saturated carbocycles. The normalized spacial score (nSPS) is 23.1. The molecule has 0 aliphatic carbocycles. The molecule has 0 spiro atoms. The van der Waals surface area contributed by atoms with Crippen molar-refractivity contribution in [1.82, 2.24) is 4.90 Å². The maximum atomic E-state index is 9.10. The SMILES string of the molecule is OCCCCCCN1CCC[C@@H]1CO. The molecule has 0 radical (unpaired) electrons. The summed E-state index contributed by atoms with van der Waals surface area (Å²) in [6.45, 7) is 2.92. The fourth-order valence-electron chi connectivity index (χ4n) is 2.18. The topological polar surface area (TPSA) is 43.7 Å². The minimum absolute atomic E-state index is 0.316. The van der Waals surface area contributed by atoms with Crippen LogP contribution in [0.3, 0.4) is 0 Å². The van der Waals surface area contributed by atoms with Crippen molar-refractivity contribution in [2.24, 2.45) is 0 Å². The molecule has 84 valence electrons. The zero-order valence-corrected chi connectivity index (χ0v) is 8.99. The predicted molar refractivity (Wildman–Crippen MR) is 57.2 cm³/mol. The summed E-state index contributed by atoms with van der Waals surface area (Å²) in [6, 6.07) is 0.424. The Morgan fingerprint density at radius 3 is 2.57 bits per heavy atom. The van der Waals surface area contributed by atoms with Crippen molar-refractivity contribution in [3.63, 3.8) is 0 Å². The van der Waals surface area contributed by atoms with Gasteiger partial charge in [0.2, 0.25) is 0 Å². The minimum Gasteiger partial charge on any atom is -0.396 e. The third-order valence-corrected chi connectivity index (χ3v) is 3.06. The number of aliphatic hydroxyl groups excluding tert-OH is 2. The van der Waals surface area contributed by atoms with Crippen molar-refractivity contribution in [2.75, 3.05) is 26.3 Å². The van der Waals surface area contributed by atoms with Crippen LogP contribution in [0, 0.1) is 0 Å². The second kappa shape index (κ2) is 7.21. The molecule has 3 heteroatoms. The Balaban J connectivity index is 2.00. The standard InChI is InChI=1S/C11H23NO2/c13-9-4-2-1-3-7-12-8-5-6-11(12)10-14/h11,13-14H,1-10H2/t11-/m1/s1. The molecule has 1 atom stereocenters. The first-order valence-electron chi connectivity index (χ1n) is 5.84. The molecule has 1 rings (SSSR count). The second-order valence-electron chi connectivity index (χ2n) is 4.15. The Labute approximate surface area is 86.7 Å². The van der Waals surface area contributed by atoms with Crippen molar-refractivity contribution in [3.8, 4) is 0 Å². The number of aliphatic hydroxyl groups is 2. The summed E-state index contributed by atoms with van der Waals surface area (Å²) < 4.78 is 0. The van der Waals surface area contributed by atoms with E-state index in [1.807, 2.05) is 0 Å². The van der Waals surface area contributed by atoms with Crippen molar-refractivity contribution in [2.45, 2.75) is 44.6 Å². The quantitative estimate of drug-likeness (QED) is 0.604. The zero-order valence-electron chi connectivity index (χ0n) is 8.99. The molecule has 0 bridgehead atoms. The van der Waals surface area contributed by atoms with Gasteiger partial charge < -0.3 is 10.2 Å². The monoisotopic (exact) mass is 201 g/mol. The second-order valence-corrected chi connectivity index (χ2v) is 4.15. The molecule has 0 unspecified atom stereocenters. The van der Waals surface area contributed by atoms with Crippen LogP contribution < -0.4 is 0 Å². The van der Waals surface area contributed by atoms with Crippen LogP contribution in [0.2, 0.25) is 0 Å². The Morgan fingerprint density at radius 2 is 1.86 bits per heavy atom. The van der Waals surface area contributed by atoms with Gasteiger partial charge in [-0.15, -0.1) is 0 Å². The van der Waals surface area contributed by atoms with Crippen LogP contribution in [0.25, 0.3) is 0 Å². The lowest BCUT2D eigenvalue weighted by molar-refractivity contribution is 0.156. The van der Waals surface area contributed by atoms with Gasteiger partial charge in [0.25, 0.3) is 0 Å². The van der Waals surface area contributed by atoms with Crippen molar-refractivity contribution in [1.29, 1.82) is 0 Å². The summed E-state index contributed by atoms with van der Waals surface area (Å²) >= 11 is 0. The summed E-state index contributed by atoms with van der Waals surface area (Å²) in [4.78, 5) is 2.40. The molecular formula is C11H23NO2. The number of likely N-dealkylation sites (tertiary alicyclic amines) is 1. The minimum atomic E-state index is 0.316. The summed E-state index contributed by atoms with van der Waals surface area (Å²) in [6.07, 6.45) is 6.87. The molecule has 0 aromatic rings. The molecule has 1 heterocycles. The molecular weight excluding hydrogens is 178 g/mol. The van der Waals surface area contributed by atoms with Gasteiger partial charge in [-0.2, -0.15) is 0 Å².